The zero-order valence-corrected chi connectivity index (χ0v) is 12.5. The highest BCUT2D eigenvalue weighted by Crippen LogP contribution is 2.29. The van der Waals surface area contributed by atoms with E-state index in [1.807, 2.05) is 6.92 Å². The first-order valence-electron chi connectivity index (χ1n) is 6.38. The van der Waals surface area contributed by atoms with E-state index in [4.69, 9.17) is 23.2 Å². The van der Waals surface area contributed by atoms with Crippen LogP contribution in [-0.4, -0.2) is 11.5 Å². The van der Waals surface area contributed by atoms with Gasteiger partial charge in [-0.05, 0) is 42.3 Å². The molecule has 0 radical (unpaired) electrons. The normalized spacial score (nSPS) is 12.4. The quantitative estimate of drug-likeness (QED) is 0.884. The van der Waals surface area contributed by atoms with Crippen LogP contribution in [0.3, 0.4) is 0 Å². The van der Waals surface area contributed by atoms with E-state index in [1.54, 1.807) is 24.4 Å². The molecule has 106 valence electrons. The summed E-state index contributed by atoms with van der Waals surface area (Å²) >= 11 is 12.4. The van der Waals surface area contributed by atoms with Crippen molar-refractivity contribution < 1.29 is 4.39 Å². The molecule has 0 aliphatic carbocycles. The molecule has 0 aliphatic heterocycles. The molecule has 2 aromatic rings. The summed E-state index contributed by atoms with van der Waals surface area (Å²) in [4.78, 5) is 3.89. The van der Waals surface area contributed by atoms with Crippen molar-refractivity contribution in [1.29, 1.82) is 0 Å². The van der Waals surface area contributed by atoms with Gasteiger partial charge in [-0.25, -0.2) is 4.39 Å². The largest absolute Gasteiger partial charge is 0.310 e. The fourth-order valence-electron chi connectivity index (χ4n) is 2.10. The predicted octanol–water partition coefficient (Wildman–Crippen LogP) is 4.42. The Morgan fingerprint density at radius 2 is 1.95 bits per heavy atom. The van der Waals surface area contributed by atoms with Crippen LogP contribution >= 0.6 is 23.2 Å². The molecule has 0 saturated carbocycles. The maximum Gasteiger partial charge on any atom is 0.141 e. The van der Waals surface area contributed by atoms with E-state index >= 15 is 0 Å². The Kier molecular flexibility index (Phi) is 5.35. The Hall–Kier alpha value is -1.16. The van der Waals surface area contributed by atoms with Crippen molar-refractivity contribution in [2.24, 2.45) is 0 Å². The van der Waals surface area contributed by atoms with Crippen LogP contribution in [0.5, 0.6) is 0 Å². The number of pyridine rings is 1. The molecule has 0 amide bonds. The van der Waals surface area contributed by atoms with Gasteiger partial charge < -0.3 is 5.32 Å². The van der Waals surface area contributed by atoms with E-state index in [0.717, 1.165) is 17.7 Å². The van der Waals surface area contributed by atoms with Gasteiger partial charge in [0.2, 0.25) is 0 Å². The molecule has 0 aliphatic rings. The zero-order chi connectivity index (χ0) is 14.5. The van der Waals surface area contributed by atoms with Crippen LogP contribution in [0.2, 0.25) is 10.0 Å². The average Bonchev–Trinajstić information content (AvgIpc) is 2.42. The van der Waals surface area contributed by atoms with E-state index in [-0.39, 0.29) is 11.9 Å². The van der Waals surface area contributed by atoms with Crippen LogP contribution in [0.25, 0.3) is 0 Å². The Morgan fingerprint density at radius 3 is 2.55 bits per heavy atom. The highest BCUT2D eigenvalue weighted by molar-refractivity contribution is 6.36. The SMILES string of the molecule is CCNC(Cc1c(Cl)cccc1Cl)c1cncc(F)c1. The van der Waals surface area contributed by atoms with Crippen LogP contribution in [-0.2, 0) is 6.42 Å². The van der Waals surface area contributed by atoms with Crippen molar-refractivity contribution in [2.45, 2.75) is 19.4 Å². The van der Waals surface area contributed by atoms with Gasteiger partial charge >= 0.3 is 0 Å². The van der Waals surface area contributed by atoms with Crippen LogP contribution in [0.1, 0.15) is 24.1 Å². The molecule has 1 heterocycles. The molecule has 1 N–H and O–H groups in total. The van der Waals surface area contributed by atoms with Gasteiger partial charge in [0.1, 0.15) is 5.82 Å². The molecule has 20 heavy (non-hydrogen) atoms. The van der Waals surface area contributed by atoms with Gasteiger partial charge in [-0.3, -0.25) is 4.98 Å². The highest BCUT2D eigenvalue weighted by Gasteiger charge is 2.16. The van der Waals surface area contributed by atoms with Crippen LogP contribution in [0.4, 0.5) is 4.39 Å². The van der Waals surface area contributed by atoms with Crippen molar-refractivity contribution in [3.63, 3.8) is 0 Å². The first kappa shape index (κ1) is 15.2. The second kappa shape index (κ2) is 7.02. The predicted molar refractivity (Wildman–Crippen MR) is 80.8 cm³/mol. The maximum atomic E-state index is 13.3. The fourth-order valence-corrected chi connectivity index (χ4v) is 2.66. The maximum absolute atomic E-state index is 13.3. The van der Waals surface area contributed by atoms with Gasteiger partial charge in [0.15, 0.2) is 0 Å². The number of hydrogen-bond acceptors (Lipinski definition) is 2. The molecular weight excluding hydrogens is 298 g/mol. The van der Waals surface area contributed by atoms with Crippen molar-refractivity contribution in [3.05, 3.63) is 63.6 Å². The van der Waals surface area contributed by atoms with Gasteiger partial charge in [-0.2, -0.15) is 0 Å². The average molecular weight is 313 g/mol. The summed E-state index contributed by atoms with van der Waals surface area (Å²) in [6.07, 6.45) is 3.42. The molecule has 1 aromatic carbocycles. The van der Waals surface area contributed by atoms with Crippen molar-refractivity contribution >= 4 is 23.2 Å². The molecule has 1 unspecified atom stereocenters. The highest BCUT2D eigenvalue weighted by atomic mass is 35.5. The van der Waals surface area contributed by atoms with Crippen LogP contribution in [0.15, 0.2) is 36.7 Å². The molecule has 0 bridgehead atoms. The minimum Gasteiger partial charge on any atom is -0.310 e. The number of halogens is 3. The van der Waals surface area contributed by atoms with E-state index in [9.17, 15) is 4.39 Å². The lowest BCUT2D eigenvalue weighted by molar-refractivity contribution is 0.539. The summed E-state index contributed by atoms with van der Waals surface area (Å²) in [6.45, 7) is 2.75. The summed E-state index contributed by atoms with van der Waals surface area (Å²) in [5.74, 6) is -0.351. The Morgan fingerprint density at radius 1 is 1.25 bits per heavy atom. The third kappa shape index (κ3) is 3.69. The number of likely N-dealkylation sites (N-methyl/N-ethyl adjacent to an activating group) is 1. The molecular formula is C15H15Cl2FN2. The van der Waals surface area contributed by atoms with Gasteiger partial charge in [0, 0.05) is 22.3 Å². The third-order valence-corrected chi connectivity index (χ3v) is 3.76. The summed E-state index contributed by atoms with van der Waals surface area (Å²) in [7, 11) is 0. The molecule has 2 rings (SSSR count). The number of nitrogens with one attached hydrogen (secondary N) is 1. The second-order valence-corrected chi connectivity index (χ2v) is 5.27. The van der Waals surface area contributed by atoms with Gasteiger partial charge in [-0.1, -0.05) is 36.2 Å². The van der Waals surface area contributed by atoms with E-state index in [0.29, 0.717) is 16.5 Å². The van der Waals surface area contributed by atoms with E-state index in [2.05, 4.69) is 10.3 Å². The Balaban J connectivity index is 2.30. The number of benzene rings is 1. The van der Waals surface area contributed by atoms with Crippen molar-refractivity contribution in [2.75, 3.05) is 6.54 Å². The standard InChI is InChI=1S/C15H15Cl2FN2/c1-2-20-15(10-6-11(18)9-19-8-10)7-12-13(16)4-3-5-14(12)17/h3-6,8-9,15,20H,2,7H2,1H3. The molecule has 0 fully saturated rings. The minimum atomic E-state index is -0.351. The summed E-state index contributed by atoms with van der Waals surface area (Å²) in [5, 5.41) is 4.54. The summed E-state index contributed by atoms with van der Waals surface area (Å²) < 4.78 is 13.3. The number of aromatic nitrogens is 1. The van der Waals surface area contributed by atoms with E-state index < -0.39 is 0 Å². The second-order valence-electron chi connectivity index (χ2n) is 4.45. The van der Waals surface area contributed by atoms with Crippen LogP contribution in [0, 0.1) is 5.82 Å². The molecule has 1 atom stereocenters. The first-order valence-corrected chi connectivity index (χ1v) is 7.14. The molecule has 0 spiro atoms. The third-order valence-electron chi connectivity index (χ3n) is 3.05. The summed E-state index contributed by atoms with van der Waals surface area (Å²) in [6, 6.07) is 6.80. The molecule has 5 heteroatoms. The minimum absolute atomic E-state index is 0.0828. The summed E-state index contributed by atoms with van der Waals surface area (Å²) in [5.41, 5.74) is 1.63. The first-order chi connectivity index (χ1) is 9.61. The lowest BCUT2D eigenvalue weighted by Crippen LogP contribution is -2.23. The van der Waals surface area contributed by atoms with Gasteiger partial charge in [0.25, 0.3) is 0 Å². The number of rotatable bonds is 5. The van der Waals surface area contributed by atoms with Gasteiger partial charge in [0.05, 0.1) is 6.20 Å². The Labute approximate surface area is 127 Å². The molecule has 0 saturated heterocycles. The molecule has 1 aromatic heterocycles. The topological polar surface area (TPSA) is 24.9 Å². The van der Waals surface area contributed by atoms with Crippen molar-refractivity contribution in [3.8, 4) is 0 Å². The smallest absolute Gasteiger partial charge is 0.141 e. The fraction of sp³-hybridized carbons (Fsp3) is 0.267. The van der Waals surface area contributed by atoms with Crippen molar-refractivity contribution in [1.82, 2.24) is 10.3 Å². The number of hydrogen-bond donors (Lipinski definition) is 1. The van der Waals surface area contributed by atoms with E-state index in [1.165, 1.54) is 12.3 Å². The van der Waals surface area contributed by atoms with Gasteiger partial charge in [-0.15, -0.1) is 0 Å². The number of nitrogens with zero attached hydrogens (tertiary/aromatic N) is 1. The lowest BCUT2D eigenvalue weighted by Gasteiger charge is -2.19. The lowest BCUT2D eigenvalue weighted by atomic mass is 10.00. The van der Waals surface area contributed by atoms with Crippen LogP contribution < -0.4 is 5.32 Å². The Bertz CT molecular complexity index is 570. The zero-order valence-electron chi connectivity index (χ0n) is 11.0. The monoisotopic (exact) mass is 312 g/mol. The molecule has 2 nitrogen and oxygen atoms in total.